The van der Waals surface area contributed by atoms with E-state index in [0.29, 0.717) is 28.0 Å². The molecule has 0 fully saturated rings. The number of halogens is 2. The minimum Gasteiger partial charge on any atom is -0.256 e. The van der Waals surface area contributed by atoms with E-state index in [0.717, 1.165) is 16.8 Å². The fraction of sp³-hybridized carbons (Fsp3) is 0.105. The van der Waals surface area contributed by atoms with Crippen molar-refractivity contribution in [1.29, 1.82) is 5.26 Å². The van der Waals surface area contributed by atoms with Crippen molar-refractivity contribution in [1.82, 2.24) is 14.8 Å². The second-order valence-corrected chi connectivity index (χ2v) is 6.25. The molecule has 0 radical (unpaired) electrons. The van der Waals surface area contributed by atoms with Crippen LogP contribution < -0.4 is 0 Å². The van der Waals surface area contributed by atoms with Gasteiger partial charge in [0.1, 0.15) is 11.2 Å². The molecule has 25 heavy (non-hydrogen) atoms. The maximum atomic E-state index is 9.45. The van der Waals surface area contributed by atoms with Crippen molar-refractivity contribution >= 4 is 34.9 Å². The van der Waals surface area contributed by atoms with Crippen molar-refractivity contribution < 1.29 is 0 Å². The van der Waals surface area contributed by atoms with Crippen molar-refractivity contribution in [2.45, 2.75) is 13.5 Å². The Balaban J connectivity index is 1.95. The molecular formula is C19H14Cl2N4. The van der Waals surface area contributed by atoms with Crippen LogP contribution in [-0.4, -0.2) is 14.8 Å². The highest BCUT2D eigenvalue weighted by Crippen LogP contribution is 2.26. The van der Waals surface area contributed by atoms with Gasteiger partial charge in [0.2, 0.25) is 0 Å². The number of allylic oxidation sites excluding steroid dienone is 1. The SMILES string of the molecule is Cc1nn(Cc2ccc(Cl)cc2)c(Cl)c1C=C(C#N)c1ccccn1. The number of pyridine rings is 1. The van der Waals surface area contributed by atoms with Gasteiger partial charge < -0.3 is 0 Å². The normalized spacial score (nSPS) is 11.4. The van der Waals surface area contributed by atoms with E-state index >= 15 is 0 Å². The van der Waals surface area contributed by atoms with Gasteiger partial charge in [-0.15, -0.1) is 0 Å². The van der Waals surface area contributed by atoms with Crippen molar-refractivity contribution in [2.75, 3.05) is 0 Å². The van der Waals surface area contributed by atoms with E-state index < -0.39 is 0 Å². The Morgan fingerprint density at radius 3 is 2.60 bits per heavy atom. The van der Waals surface area contributed by atoms with Crippen molar-refractivity contribution in [3.05, 3.63) is 81.4 Å². The Kier molecular flexibility index (Phi) is 5.18. The molecule has 1 aromatic carbocycles. The molecule has 0 saturated carbocycles. The topological polar surface area (TPSA) is 54.5 Å². The Morgan fingerprint density at radius 2 is 1.96 bits per heavy atom. The van der Waals surface area contributed by atoms with Gasteiger partial charge in [0.25, 0.3) is 0 Å². The summed E-state index contributed by atoms with van der Waals surface area (Å²) in [5, 5.41) is 15.1. The predicted octanol–water partition coefficient (Wildman–Crippen LogP) is 5.01. The summed E-state index contributed by atoms with van der Waals surface area (Å²) in [7, 11) is 0. The molecule has 0 saturated heterocycles. The van der Waals surface area contributed by atoms with Gasteiger partial charge in [0, 0.05) is 16.8 Å². The van der Waals surface area contributed by atoms with E-state index in [1.54, 1.807) is 29.1 Å². The van der Waals surface area contributed by atoms with Gasteiger partial charge in [0.15, 0.2) is 0 Å². The van der Waals surface area contributed by atoms with Gasteiger partial charge in [-0.05, 0) is 42.8 Å². The molecule has 0 atom stereocenters. The summed E-state index contributed by atoms with van der Waals surface area (Å²) in [6.07, 6.45) is 3.38. The fourth-order valence-electron chi connectivity index (χ4n) is 2.43. The van der Waals surface area contributed by atoms with Crippen LogP contribution in [0.25, 0.3) is 11.6 Å². The first-order valence-corrected chi connectivity index (χ1v) is 8.34. The summed E-state index contributed by atoms with van der Waals surface area (Å²) in [5.74, 6) is 0. The van der Waals surface area contributed by atoms with Crippen molar-refractivity contribution in [3.8, 4) is 6.07 Å². The first-order valence-electron chi connectivity index (χ1n) is 7.59. The van der Waals surface area contributed by atoms with Crippen LogP contribution in [-0.2, 0) is 6.54 Å². The van der Waals surface area contributed by atoms with E-state index in [4.69, 9.17) is 23.2 Å². The average Bonchev–Trinajstić information content (AvgIpc) is 2.89. The molecule has 4 nitrogen and oxygen atoms in total. The minimum absolute atomic E-state index is 0.441. The number of hydrogen-bond donors (Lipinski definition) is 0. The standard InChI is InChI=1S/C19H14Cl2N4/c1-13-17(10-15(11-22)18-4-2-3-9-23-18)19(21)25(24-13)12-14-5-7-16(20)8-6-14/h2-10H,12H2,1H3. The van der Waals surface area contributed by atoms with Crippen molar-refractivity contribution in [3.63, 3.8) is 0 Å². The molecule has 0 aliphatic heterocycles. The second-order valence-electron chi connectivity index (χ2n) is 5.46. The van der Waals surface area contributed by atoms with Gasteiger partial charge in [-0.2, -0.15) is 10.4 Å². The van der Waals surface area contributed by atoms with Gasteiger partial charge >= 0.3 is 0 Å². The van der Waals surface area contributed by atoms with Crippen LogP contribution >= 0.6 is 23.2 Å². The number of rotatable bonds is 4. The summed E-state index contributed by atoms with van der Waals surface area (Å²) >= 11 is 12.4. The number of aromatic nitrogens is 3. The van der Waals surface area contributed by atoms with Gasteiger partial charge in [-0.1, -0.05) is 41.4 Å². The lowest BCUT2D eigenvalue weighted by molar-refractivity contribution is 0.680. The number of nitriles is 1. The van der Waals surface area contributed by atoms with E-state index in [1.807, 2.05) is 37.3 Å². The largest absolute Gasteiger partial charge is 0.256 e. The van der Waals surface area contributed by atoms with Crippen LogP contribution in [0.3, 0.4) is 0 Å². The zero-order chi connectivity index (χ0) is 17.8. The predicted molar refractivity (Wildman–Crippen MR) is 100 cm³/mol. The Labute approximate surface area is 156 Å². The van der Waals surface area contributed by atoms with E-state index in [2.05, 4.69) is 16.2 Å². The highest BCUT2D eigenvalue weighted by atomic mass is 35.5. The number of benzene rings is 1. The van der Waals surface area contributed by atoms with Crippen LogP contribution in [0.15, 0.2) is 48.7 Å². The van der Waals surface area contributed by atoms with Crippen LogP contribution in [0.1, 0.15) is 22.5 Å². The number of aryl methyl sites for hydroxylation is 1. The molecule has 2 aromatic heterocycles. The highest BCUT2D eigenvalue weighted by molar-refractivity contribution is 6.31. The molecule has 0 spiro atoms. The molecule has 0 bridgehead atoms. The second kappa shape index (κ2) is 7.52. The zero-order valence-electron chi connectivity index (χ0n) is 13.4. The molecule has 124 valence electrons. The average molecular weight is 369 g/mol. The summed E-state index contributed by atoms with van der Waals surface area (Å²) in [5.41, 5.74) is 3.55. The molecule has 2 heterocycles. The lowest BCUT2D eigenvalue weighted by atomic mass is 10.1. The minimum atomic E-state index is 0.441. The molecule has 0 N–H and O–H groups in total. The highest BCUT2D eigenvalue weighted by Gasteiger charge is 2.14. The molecule has 0 aliphatic carbocycles. The molecular weight excluding hydrogens is 355 g/mol. The Morgan fingerprint density at radius 1 is 1.20 bits per heavy atom. The smallest absolute Gasteiger partial charge is 0.134 e. The molecule has 0 amide bonds. The first kappa shape index (κ1) is 17.2. The Bertz CT molecular complexity index is 952. The zero-order valence-corrected chi connectivity index (χ0v) is 15.0. The third kappa shape index (κ3) is 3.90. The monoisotopic (exact) mass is 368 g/mol. The summed E-state index contributed by atoms with van der Waals surface area (Å²) in [6, 6.07) is 15.1. The van der Waals surface area contributed by atoms with Gasteiger partial charge in [-0.25, -0.2) is 4.68 Å². The third-order valence-corrected chi connectivity index (χ3v) is 4.36. The lowest BCUT2D eigenvalue weighted by Crippen LogP contribution is -2.01. The quantitative estimate of drug-likeness (QED) is 0.608. The number of nitrogens with zero attached hydrogens (tertiary/aromatic N) is 4. The molecule has 6 heteroatoms. The van der Waals surface area contributed by atoms with Crippen LogP contribution in [0.5, 0.6) is 0 Å². The van der Waals surface area contributed by atoms with Crippen molar-refractivity contribution in [2.24, 2.45) is 0 Å². The molecule has 0 aliphatic rings. The molecule has 3 rings (SSSR count). The molecule has 0 unspecified atom stereocenters. The number of hydrogen-bond acceptors (Lipinski definition) is 3. The summed E-state index contributed by atoms with van der Waals surface area (Å²) < 4.78 is 1.71. The van der Waals surface area contributed by atoms with E-state index in [9.17, 15) is 5.26 Å². The lowest BCUT2D eigenvalue weighted by Gasteiger charge is -2.04. The van der Waals surface area contributed by atoms with Crippen LogP contribution in [0.2, 0.25) is 10.2 Å². The van der Waals surface area contributed by atoms with Crippen LogP contribution in [0, 0.1) is 18.3 Å². The van der Waals surface area contributed by atoms with E-state index in [1.165, 1.54) is 0 Å². The first-order chi connectivity index (χ1) is 12.1. The maximum Gasteiger partial charge on any atom is 0.134 e. The van der Waals surface area contributed by atoms with Gasteiger partial charge in [0.05, 0.1) is 23.5 Å². The summed E-state index contributed by atoms with van der Waals surface area (Å²) in [6.45, 7) is 2.39. The third-order valence-electron chi connectivity index (χ3n) is 3.70. The fourth-order valence-corrected chi connectivity index (χ4v) is 2.84. The van der Waals surface area contributed by atoms with E-state index in [-0.39, 0.29) is 0 Å². The maximum absolute atomic E-state index is 9.45. The van der Waals surface area contributed by atoms with Crippen LogP contribution in [0.4, 0.5) is 0 Å². The summed E-state index contributed by atoms with van der Waals surface area (Å²) in [4.78, 5) is 4.21. The van der Waals surface area contributed by atoms with Gasteiger partial charge in [-0.3, -0.25) is 4.98 Å². The Hall–Kier alpha value is -2.61. The molecule has 3 aromatic rings.